The van der Waals surface area contributed by atoms with Crippen molar-refractivity contribution in [2.75, 3.05) is 4.90 Å². The van der Waals surface area contributed by atoms with Gasteiger partial charge in [-0.05, 0) is 82.6 Å². The Kier molecular flexibility index (Phi) is 5.40. The Morgan fingerprint density at radius 1 is 0.419 bits per heavy atom. The molecule has 0 saturated heterocycles. The molecule has 0 aliphatic heterocycles. The average molecular weight is 568 g/mol. The van der Waals surface area contributed by atoms with Gasteiger partial charge in [0.2, 0.25) is 0 Å². The summed E-state index contributed by atoms with van der Waals surface area (Å²) in [5, 5.41) is 7.39. The van der Waals surface area contributed by atoms with Gasteiger partial charge in [0, 0.05) is 48.0 Å². The van der Waals surface area contributed by atoms with E-state index in [0.717, 1.165) is 33.6 Å². The molecule has 9 rings (SSSR count). The third-order valence-corrected chi connectivity index (χ3v) is 9.59. The average Bonchev–Trinajstić information content (AvgIpc) is 3.64. The van der Waals surface area contributed by atoms with Crippen LogP contribution in [0.5, 0.6) is 0 Å². The Morgan fingerprint density at radius 3 is 1.98 bits per heavy atom. The van der Waals surface area contributed by atoms with E-state index in [9.17, 15) is 0 Å². The Bertz CT molecular complexity index is 2450. The molecule has 0 radical (unpaired) electrons. The molecule has 0 fully saturated rings. The number of hydrogen-bond acceptors (Lipinski definition) is 3. The maximum Gasteiger partial charge on any atom is 0.136 e. The Hall–Kier alpha value is -5.38. The predicted octanol–water partition coefficient (Wildman–Crippen LogP) is 12.2. The normalized spacial score (nSPS) is 11.7. The summed E-state index contributed by atoms with van der Waals surface area (Å²) in [6.45, 7) is 0. The van der Waals surface area contributed by atoms with Crippen LogP contribution in [0.25, 0.3) is 64.0 Å². The monoisotopic (exact) mass is 567 g/mol. The number of anilines is 3. The predicted molar refractivity (Wildman–Crippen MR) is 184 cm³/mol. The van der Waals surface area contributed by atoms with Gasteiger partial charge in [0.1, 0.15) is 11.2 Å². The second kappa shape index (κ2) is 9.59. The molecule has 0 atom stereocenters. The van der Waals surface area contributed by atoms with Gasteiger partial charge >= 0.3 is 0 Å². The largest absolute Gasteiger partial charge is 0.456 e. The number of benzene rings is 7. The van der Waals surface area contributed by atoms with Crippen molar-refractivity contribution in [3.05, 3.63) is 152 Å². The molecule has 9 aromatic rings. The summed E-state index contributed by atoms with van der Waals surface area (Å²) in [4.78, 5) is 2.34. The van der Waals surface area contributed by atoms with E-state index in [0.29, 0.717) is 0 Å². The molecule has 0 spiro atoms. The molecule has 0 bridgehead atoms. The van der Waals surface area contributed by atoms with Gasteiger partial charge < -0.3 is 9.32 Å². The van der Waals surface area contributed by atoms with Crippen LogP contribution in [0.3, 0.4) is 0 Å². The second-order valence-corrected chi connectivity index (χ2v) is 12.1. The van der Waals surface area contributed by atoms with Crippen molar-refractivity contribution >= 4 is 81.3 Å². The van der Waals surface area contributed by atoms with E-state index in [2.05, 4.69) is 144 Å². The van der Waals surface area contributed by atoms with Crippen molar-refractivity contribution in [2.45, 2.75) is 0 Å². The first-order chi connectivity index (χ1) is 21.3. The molecule has 202 valence electrons. The third-order valence-electron chi connectivity index (χ3n) is 8.45. The molecule has 0 aliphatic rings. The lowest BCUT2D eigenvalue weighted by atomic mass is 9.98. The van der Waals surface area contributed by atoms with Crippen LogP contribution in [0, 0.1) is 0 Å². The van der Waals surface area contributed by atoms with Crippen LogP contribution < -0.4 is 4.90 Å². The number of para-hydroxylation sites is 2. The molecule has 2 heterocycles. The van der Waals surface area contributed by atoms with E-state index in [1.54, 1.807) is 0 Å². The minimum absolute atomic E-state index is 0.926. The Balaban J connectivity index is 1.15. The molecule has 0 unspecified atom stereocenters. The number of thiophene rings is 1. The van der Waals surface area contributed by atoms with Crippen molar-refractivity contribution in [1.82, 2.24) is 0 Å². The molecule has 43 heavy (non-hydrogen) atoms. The summed E-state index contributed by atoms with van der Waals surface area (Å²) >= 11 is 1.85. The SMILES string of the molecule is c1ccc(N(c2ccc(-c3ccc4ccc5oc6ccccc6c5c4c3)cc2)c2ccc3c(c2)sc2ccccc23)cc1. The van der Waals surface area contributed by atoms with Gasteiger partial charge in [0.15, 0.2) is 0 Å². The molecular formula is C40H25NOS. The molecule has 0 amide bonds. The van der Waals surface area contributed by atoms with Crippen LogP contribution in [0.1, 0.15) is 0 Å². The lowest BCUT2D eigenvalue weighted by Crippen LogP contribution is -2.09. The highest BCUT2D eigenvalue weighted by atomic mass is 32.1. The number of nitrogens with zero attached hydrogens (tertiary/aromatic N) is 1. The van der Waals surface area contributed by atoms with Crippen LogP contribution in [0.4, 0.5) is 17.1 Å². The van der Waals surface area contributed by atoms with Crippen LogP contribution in [0.2, 0.25) is 0 Å². The highest BCUT2D eigenvalue weighted by Gasteiger charge is 2.15. The summed E-state index contributed by atoms with van der Waals surface area (Å²) < 4.78 is 8.79. The highest BCUT2D eigenvalue weighted by molar-refractivity contribution is 7.25. The molecule has 0 N–H and O–H groups in total. The number of furan rings is 1. The minimum atomic E-state index is 0.926. The molecular weight excluding hydrogens is 543 g/mol. The maximum atomic E-state index is 6.17. The van der Waals surface area contributed by atoms with E-state index in [4.69, 9.17) is 4.42 Å². The van der Waals surface area contributed by atoms with Crippen molar-refractivity contribution in [1.29, 1.82) is 0 Å². The summed E-state index contributed by atoms with van der Waals surface area (Å²) in [6, 6.07) is 54.3. The maximum absolute atomic E-state index is 6.17. The fourth-order valence-electron chi connectivity index (χ4n) is 6.40. The minimum Gasteiger partial charge on any atom is -0.456 e. The van der Waals surface area contributed by atoms with E-state index in [1.165, 1.54) is 47.5 Å². The summed E-state index contributed by atoms with van der Waals surface area (Å²) in [5.74, 6) is 0. The van der Waals surface area contributed by atoms with Gasteiger partial charge in [0.25, 0.3) is 0 Å². The van der Waals surface area contributed by atoms with Gasteiger partial charge in [-0.1, -0.05) is 91.0 Å². The topological polar surface area (TPSA) is 16.4 Å². The van der Waals surface area contributed by atoms with Gasteiger partial charge in [-0.15, -0.1) is 11.3 Å². The second-order valence-electron chi connectivity index (χ2n) is 11.0. The van der Waals surface area contributed by atoms with Gasteiger partial charge in [-0.2, -0.15) is 0 Å². The lowest BCUT2D eigenvalue weighted by molar-refractivity contribution is 0.669. The van der Waals surface area contributed by atoms with Crippen LogP contribution in [-0.4, -0.2) is 0 Å². The van der Waals surface area contributed by atoms with Crippen molar-refractivity contribution in [2.24, 2.45) is 0 Å². The molecule has 3 heteroatoms. The standard InChI is InChI=1S/C40H25NOS/c1-2-8-29(9-3-1)41(31-21-22-33-32-10-5-7-13-38(32)43-39(33)25-31)30-19-16-26(17-20-30)28-15-14-27-18-23-37-40(35(27)24-28)34-11-4-6-12-36(34)42-37/h1-25H. The Labute approximate surface area is 252 Å². The van der Waals surface area contributed by atoms with E-state index < -0.39 is 0 Å². The van der Waals surface area contributed by atoms with Gasteiger partial charge in [-0.25, -0.2) is 0 Å². The van der Waals surface area contributed by atoms with Gasteiger partial charge in [-0.3, -0.25) is 0 Å². The van der Waals surface area contributed by atoms with E-state index >= 15 is 0 Å². The van der Waals surface area contributed by atoms with Crippen LogP contribution in [0.15, 0.2) is 156 Å². The fraction of sp³-hybridized carbons (Fsp3) is 0. The molecule has 7 aromatic carbocycles. The molecule has 2 aromatic heterocycles. The van der Waals surface area contributed by atoms with Crippen molar-refractivity contribution in [3.63, 3.8) is 0 Å². The molecule has 0 aliphatic carbocycles. The first-order valence-corrected chi connectivity index (χ1v) is 15.3. The first-order valence-electron chi connectivity index (χ1n) is 14.5. The zero-order chi connectivity index (χ0) is 28.3. The highest BCUT2D eigenvalue weighted by Crippen LogP contribution is 2.41. The fourth-order valence-corrected chi connectivity index (χ4v) is 7.54. The lowest BCUT2D eigenvalue weighted by Gasteiger charge is -2.25. The van der Waals surface area contributed by atoms with Crippen LogP contribution in [-0.2, 0) is 0 Å². The number of fused-ring (bicyclic) bond motifs is 8. The Morgan fingerprint density at radius 2 is 1.09 bits per heavy atom. The van der Waals surface area contributed by atoms with Crippen molar-refractivity contribution in [3.8, 4) is 11.1 Å². The van der Waals surface area contributed by atoms with E-state index in [1.807, 2.05) is 23.5 Å². The van der Waals surface area contributed by atoms with Crippen LogP contribution >= 0.6 is 11.3 Å². The molecule has 0 saturated carbocycles. The van der Waals surface area contributed by atoms with Gasteiger partial charge in [0.05, 0.1) is 0 Å². The molecule has 2 nitrogen and oxygen atoms in total. The summed E-state index contributed by atoms with van der Waals surface area (Å²) in [6.07, 6.45) is 0. The zero-order valence-electron chi connectivity index (χ0n) is 23.2. The quantitative estimate of drug-likeness (QED) is 0.210. The first kappa shape index (κ1) is 24.2. The van der Waals surface area contributed by atoms with Crippen molar-refractivity contribution < 1.29 is 4.42 Å². The number of hydrogen-bond donors (Lipinski definition) is 0. The van der Waals surface area contributed by atoms with E-state index in [-0.39, 0.29) is 0 Å². The summed E-state index contributed by atoms with van der Waals surface area (Å²) in [5.41, 5.74) is 7.64. The number of rotatable bonds is 4. The zero-order valence-corrected chi connectivity index (χ0v) is 24.0. The summed E-state index contributed by atoms with van der Waals surface area (Å²) in [7, 11) is 0. The smallest absolute Gasteiger partial charge is 0.136 e. The third kappa shape index (κ3) is 3.93.